The molecule has 1 aliphatic rings. The maximum Gasteiger partial charge on any atom is 0.241 e. The minimum Gasteiger partial charge on any atom is -0.486 e. The predicted octanol–water partition coefficient (Wildman–Crippen LogP) is 3.71. The molecule has 0 aromatic heterocycles. The largest absolute Gasteiger partial charge is 0.486 e. The van der Waals surface area contributed by atoms with Crippen molar-refractivity contribution in [3.8, 4) is 11.5 Å². The third kappa shape index (κ3) is 4.26. The van der Waals surface area contributed by atoms with Gasteiger partial charge in [0.1, 0.15) is 19.0 Å². The van der Waals surface area contributed by atoms with E-state index in [1.807, 2.05) is 30.1 Å². The Hall–Kier alpha value is -2.31. The van der Waals surface area contributed by atoms with E-state index in [9.17, 15) is 9.18 Å². The summed E-state index contributed by atoms with van der Waals surface area (Å²) >= 11 is 5.96. The molecule has 0 bridgehead atoms. The third-order valence-electron chi connectivity index (χ3n) is 4.27. The molecule has 1 atom stereocenters. The van der Waals surface area contributed by atoms with Crippen molar-refractivity contribution in [2.45, 2.75) is 19.5 Å². The van der Waals surface area contributed by atoms with Crippen molar-refractivity contribution in [3.05, 3.63) is 52.8 Å². The molecule has 138 valence electrons. The van der Waals surface area contributed by atoms with Crippen LogP contribution in [0.3, 0.4) is 0 Å². The number of rotatable bonds is 5. The Labute approximate surface area is 156 Å². The maximum absolute atomic E-state index is 13.1. The number of fused-ring (bicyclic) bond motifs is 1. The summed E-state index contributed by atoms with van der Waals surface area (Å²) in [5.74, 6) is 0.784. The Bertz CT molecular complexity index is 815. The van der Waals surface area contributed by atoms with Gasteiger partial charge in [-0.2, -0.15) is 0 Å². The lowest BCUT2D eigenvalue weighted by molar-refractivity contribution is -0.120. The van der Waals surface area contributed by atoms with Crippen molar-refractivity contribution in [1.82, 2.24) is 4.90 Å². The van der Waals surface area contributed by atoms with Crippen LogP contribution < -0.4 is 14.8 Å². The van der Waals surface area contributed by atoms with Crippen LogP contribution in [0.15, 0.2) is 36.4 Å². The molecule has 1 amide bonds. The number of amides is 1. The van der Waals surface area contributed by atoms with Crippen LogP contribution in [0.1, 0.15) is 12.5 Å². The Morgan fingerprint density at radius 3 is 2.69 bits per heavy atom. The average Bonchev–Trinajstić information content (AvgIpc) is 2.63. The monoisotopic (exact) mass is 378 g/mol. The first-order valence-corrected chi connectivity index (χ1v) is 8.66. The van der Waals surface area contributed by atoms with Crippen LogP contribution in [0.2, 0.25) is 5.02 Å². The fourth-order valence-corrected chi connectivity index (χ4v) is 2.85. The number of nitrogens with zero attached hydrogens (tertiary/aromatic N) is 1. The van der Waals surface area contributed by atoms with E-state index in [1.165, 1.54) is 18.2 Å². The lowest BCUT2D eigenvalue weighted by Crippen LogP contribution is -2.39. The van der Waals surface area contributed by atoms with Crippen LogP contribution in [0, 0.1) is 5.82 Å². The fourth-order valence-electron chi connectivity index (χ4n) is 2.64. The number of hydrogen-bond acceptors (Lipinski definition) is 4. The maximum atomic E-state index is 13.1. The number of anilines is 1. The lowest BCUT2D eigenvalue weighted by atomic mass is 10.1. The highest BCUT2D eigenvalue weighted by molar-refractivity contribution is 6.33. The normalized spacial score (nSPS) is 14.2. The van der Waals surface area contributed by atoms with Crippen molar-refractivity contribution in [2.24, 2.45) is 0 Å². The van der Waals surface area contributed by atoms with E-state index in [4.69, 9.17) is 21.1 Å². The van der Waals surface area contributed by atoms with Crippen molar-refractivity contribution in [2.75, 3.05) is 25.6 Å². The Morgan fingerprint density at radius 2 is 1.96 bits per heavy atom. The fraction of sp³-hybridized carbons (Fsp3) is 0.316. The quantitative estimate of drug-likeness (QED) is 0.861. The second kappa shape index (κ2) is 7.93. The van der Waals surface area contributed by atoms with Crippen LogP contribution in [0.25, 0.3) is 0 Å². The first-order chi connectivity index (χ1) is 12.4. The van der Waals surface area contributed by atoms with E-state index in [-0.39, 0.29) is 10.9 Å². The molecule has 0 spiro atoms. The summed E-state index contributed by atoms with van der Waals surface area (Å²) in [5.41, 5.74) is 1.40. The highest BCUT2D eigenvalue weighted by atomic mass is 35.5. The topological polar surface area (TPSA) is 50.8 Å². The Kier molecular flexibility index (Phi) is 5.64. The number of carbonyl (C=O) groups excluding carboxylic acids is 1. The molecule has 0 saturated heterocycles. The van der Waals surface area contributed by atoms with E-state index in [2.05, 4.69) is 5.32 Å². The molecule has 0 unspecified atom stereocenters. The molecule has 2 aromatic carbocycles. The van der Waals surface area contributed by atoms with Gasteiger partial charge in [-0.1, -0.05) is 17.7 Å². The predicted molar refractivity (Wildman–Crippen MR) is 98.4 cm³/mol. The smallest absolute Gasteiger partial charge is 0.241 e. The number of nitrogens with one attached hydrogen (secondary N) is 1. The van der Waals surface area contributed by atoms with Gasteiger partial charge < -0.3 is 14.8 Å². The molecule has 5 nitrogen and oxygen atoms in total. The second-order valence-electron chi connectivity index (χ2n) is 6.18. The number of likely N-dealkylation sites (N-methyl/N-ethyl adjacent to an activating group) is 1. The summed E-state index contributed by atoms with van der Waals surface area (Å²) in [6.07, 6.45) is 0. The van der Waals surface area contributed by atoms with Gasteiger partial charge in [-0.05, 0) is 49.9 Å². The number of halogens is 2. The van der Waals surface area contributed by atoms with Gasteiger partial charge in [0, 0.05) is 6.54 Å². The van der Waals surface area contributed by atoms with Gasteiger partial charge in [0.15, 0.2) is 11.5 Å². The molecule has 1 heterocycles. The van der Waals surface area contributed by atoms with Crippen molar-refractivity contribution < 1.29 is 18.7 Å². The van der Waals surface area contributed by atoms with Gasteiger partial charge in [0.2, 0.25) is 5.91 Å². The molecule has 2 aromatic rings. The van der Waals surface area contributed by atoms with Gasteiger partial charge in [0.05, 0.1) is 16.8 Å². The zero-order chi connectivity index (χ0) is 18.7. The zero-order valence-corrected chi connectivity index (χ0v) is 15.3. The van der Waals surface area contributed by atoms with E-state index in [0.29, 0.717) is 25.4 Å². The average molecular weight is 379 g/mol. The van der Waals surface area contributed by atoms with E-state index < -0.39 is 11.9 Å². The van der Waals surface area contributed by atoms with Crippen molar-refractivity contribution >= 4 is 23.2 Å². The van der Waals surface area contributed by atoms with Crippen molar-refractivity contribution in [3.63, 3.8) is 0 Å². The Morgan fingerprint density at radius 1 is 1.23 bits per heavy atom. The van der Waals surface area contributed by atoms with Crippen LogP contribution in [-0.4, -0.2) is 37.1 Å². The lowest BCUT2D eigenvalue weighted by Gasteiger charge is -2.25. The van der Waals surface area contributed by atoms with E-state index in [1.54, 1.807) is 6.92 Å². The first-order valence-electron chi connectivity index (χ1n) is 8.28. The van der Waals surface area contributed by atoms with Crippen LogP contribution in [0.5, 0.6) is 11.5 Å². The summed E-state index contributed by atoms with van der Waals surface area (Å²) < 4.78 is 24.2. The molecule has 0 fully saturated rings. The highest BCUT2D eigenvalue weighted by Gasteiger charge is 2.20. The van der Waals surface area contributed by atoms with Crippen LogP contribution in [-0.2, 0) is 11.3 Å². The molecule has 7 heteroatoms. The summed E-state index contributed by atoms with van der Waals surface area (Å²) in [4.78, 5) is 14.4. The summed E-state index contributed by atoms with van der Waals surface area (Å²) in [6, 6.07) is 9.21. The number of carbonyl (C=O) groups is 1. The minimum absolute atomic E-state index is 0.167. The Balaban J connectivity index is 1.63. The molecule has 1 N–H and O–H groups in total. The van der Waals surface area contributed by atoms with Crippen LogP contribution >= 0.6 is 11.6 Å². The van der Waals surface area contributed by atoms with E-state index >= 15 is 0 Å². The van der Waals surface area contributed by atoms with Gasteiger partial charge in [-0.3, -0.25) is 9.69 Å². The summed E-state index contributed by atoms with van der Waals surface area (Å²) in [7, 11) is 1.85. The van der Waals surface area contributed by atoms with Gasteiger partial charge in [0.25, 0.3) is 0 Å². The molecule has 1 aliphatic heterocycles. The second-order valence-corrected chi connectivity index (χ2v) is 6.59. The summed E-state index contributed by atoms with van der Waals surface area (Å²) in [5, 5.41) is 2.90. The van der Waals surface area contributed by atoms with E-state index in [0.717, 1.165) is 17.1 Å². The van der Waals surface area contributed by atoms with Crippen molar-refractivity contribution in [1.29, 1.82) is 0 Å². The van der Waals surface area contributed by atoms with Gasteiger partial charge >= 0.3 is 0 Å². The number of benzene rings is 2. The minimum atomic E-state index is -0.447. The molecule has 3 rings (SSSR count). The van der Waals surface area contributed by atoms with Gasteiger partial charge in [-0.25, -0.2) is 4.39 Å². The highest BCUT2D eigenvalue weighted by Crippen LogP contribution is 2.31. The van der Waals surface area contributed by atoms with Crippen LogP contribution in [0.4, 0.5) is 10.1 Å². The van der Waals surface area contributed by atoms with Gasteiger partial charge in [-0.15, -0.1) is 0 Å². The molecule has 26 heavy (non-hydrogen) atoms. The molecular formula is C19H20ClFN2O3. The first kappa shape index (κ1) is 18.5. The molecule has 0 radical (unpaired) electrons. The summed E-state index contributed by atoms with van der Waals surface area (Å²) in [6.45, 7) is 3.44. The number of ether oxygens (including phenoxy) is 2. The molecular weight excluding hydrogens is 359 g/mol. The SMILES string of the molecule is C[C@H](C(=O)Nc1ccc(F)cc1Cl)N(C)Cc1ccc2c(c1)OCCO2. The number of hydrogen-bond donors (Lipinski definition) is 1. The molecule has 0 aliphatic carbocycles. The zero-order valence-electron chi connectivity index (χ0n) is 14.6. The standard InChI is InChI=1S/C19H20ClFN2O3/c1-12(19(24)22-16-5-4-14(21)10-15(16)20)23(2)11-13-3-6-17-18(9-13)26-8-7-25-17/h3-6,9-10,12H,7-8,11H2,1-2H3,(H,22,24)/t12-/m1/s1. The molecule has 0 saturated carbocycles. The third-order valence-corrected chi connectivity index (χ3v) is 4.58.